The van der Waals surface area contributed by atoms with E-state index in [4.69, 9.17) is 5.73 Å². The lowest BCUT2D eigenvalue weighted by Gasteiger charge is -2.36. The van der Waals surface area contributed by atoms with Crippen LogP contribution < -0.4 is 11.1 Å². The number of sulfone groups is 1. The molecule has 32 heavy (non-hydrogen) atoms. The molecule has 3 fully saturated rings. The predicted molar refractivity (Wildman–Crippen MR) is 116 cm³/mol. The Morgan fingerprint density at radius 3 is 2.62 bits per heavy atom. The number of fused-ring (bicyclic) bond motifs is 1. The van der Waals surface area contributed by atoms with Gasteiger partial charge in [-0.2, -0.15) is 0 Å². The second kappa shape index (κ2) is 7.64. The molecule has 2 atom stereocenters. The Morgan fingerprint density at radius 2 is 1.91 bits per heavy atom. The van der Waals surface area contributed by atoms with E-state index in [9.17, 15) is 22.8 Å². The quantitative estimate of drug-likeness (QED) is 0.597. The van der Waals surface area contributed by atoms with Gasteiger partial charge in [-0.15, -0.1) is 0 Å². The van der Waals surface area contributed by atoms with Crippen LogP contribution in [0.4, 0.5) is 0 Å². The van der Waals surface area contributed by atoms with Gasteiger partial charge in [0.2, 0.25) is 11.8 Å². The molecule has 1 aromatic carbocycles. The first-order chi connectivity index (χ1) is 15.2. The number of hydrogen-bond donors (Lipinski definition) is 2. The lowest BCUT2D eigenvalue weighted by atomic mass is 9.78. The van der Waals surface area contributed by atoms with Crippen molar-refractivity contribution in [3.05, 3.63) is 34.9 Å². The van der Waals surface area contributed by atoms with Crippen molar-refractivity contribution < 1.29 is 22.8 Å². The van der Waals surface area contributed by atoms with E-state index < -0.39 is 21.8 Å². The summed E-state index contributed by atoms with van der Waals surface area (Å²) in [7, 11) is -2.94. The maximum absolute atomic E-state index is 12.9. The number of imide groups is 1. The van der Waals surface area contributed by atoms with Crippen LogP contribution in [0, 0.1) is 5.41 Å². The summed E-state index contributed by atoms with van der Waals surface area (Å²) in [6.07, 6.45) is 1.82. The minimum atomic E-state index is -2.94. The molecule has 0 aliphatic carbocycles. The van der Waals surface area contributed by atoms with Gasteiger partial charge in [0.05, 0.1) is 11.5 Å². The molecule has 4 aliphatic rings. The Kier molecular flexibility index (Phi) is 5.14. The van der Waals surface area contributed by atoms with Crippen molar-refractivity contribution in [3.8, 4) is 0 Å². The van der Waals surface area contributed by atoms with Gasteiger partial charge in [-0.3, -0.25) is 24.6 Å². The van der Waals surface area contributed by atoms with Crippen LogP contribution in [0.3, 0.4) is 0 Å². The Balaban J connectivity index is 1.27. The topological polar surface area (TPSA) is 130 Å². The van der Waals surface area contributed by atoms with Gasteiger partial charge in [0.25, 0.3) is 5.91 Å². The van der Waals surface area contributed by atoms with Gasteiger partial charge in [0, 0.05) is 49.6 Å². The van der Waals surface area contributed by atoms with Crippen LogP contribution in [0.5, 0.6) is 0 Å². The average Bonchev–Trinajstić information content (AvgIpc) is 3.21. The van der Waals surface area contributed by atoms with Crippen molar-refractivity contribution in [2.75, 3.05) is 24.6 Å². The Morgan fingerprint density at radius 1 is 1.16 bits per heavy atom. The van der Waals surface area contributed by atoms with E-state index in [1.807, 2.05) is 18.2 Å². The molecule has 0 saturated carbocycles. The molecule has 4 heterocycles. The molecule has 3 saturated heterocycles. The summed E-state index contributed by atoms with van der Waals surface area (Å²) in [6.45, 7) is 2.54. The second-order valence-corrected chi connectivity index (χ2v) is 12.0. The van der Waals surface area contributed by atoms with Gasteiger partial charge in [0.15, 0.2) is 0 Å². The smallest absolute Gasteiger partial charge is 0.255 e. The van der Waals surface area contributed by atoms with Gasteiger partial charge in [0.1, 0.15) is 15.9 Å². The largest absolute Gasteiger partial charge is 0.326 e. The molecule has 0 radical (unpaired) electrons. The highest BCUT2D eigenvalue weighted by molar-refractivity contribution is 7.91. The third-order valence-corrected chi connectivity index (χ3v) is 9.25. The zero-order chi connectivity index (χ0) is 22.7. The number of carbonyl (C=O) groups excluding carboxylic acids is 3. The van der Waals surface area contributed by atoms with E-state index in [0.29, 0.717) is 37.9 Å². The van der Waals surface area contributed by atoms with E-state index in [2.05, 4.69) is 10.2 Å². The molecule has 1 aromatic rings. The minimum Gasteiger partial charge on any atom is -0.326 e. The molecular formula is C22H28N4O5S. The molecule has 172 valence electrons. The molecule has 5 rings (SSSR count). The Bertz CT molecular complexity index is 1090. The van der Waals surface area contributed by atoms with Crippen LogP contribution in [0.1, 0.15) is 47.2 Å². The lowest BCUT2D eigenvalue weighted by Crippen LogP contribution is -2.52. The van der Waals surface area contributed by atoms with Crippen LogP contribution >= 0.6 is 0 Å². The summed E-state index contributed by atoms with van der Waals surface area (Å²) in [4.78, 5) is 40.3. The van der Waals surface area contributed by atoms with Gasteiger partial charge in [-0.25, -0.2) is 8.42 Å². The van der Waals surface area contributed by atoms with E-state index in [0.717, 1.165) is 24.2 Å². The van der Waals surface area contributed by atoms with Crippen LogP contribution in [-0.4, -0.2) is 72.6 Å². The monoisotopic (exact) mass is 460 g/mol. The normalized spacial score (nSPS) is 29.4. The standard InChI is InChI=1S/C22H28N4O5S/c23-18-12-25(13-22(18)5-7-32(30,31)8-6-22)10-14-1-2-16-15(9-14)11-26(21(16)29)17-3-4-19(27)24-20(17)28/h1-2,9,17-18H,3-8,10-13,23H2,(H,24,27,28). The van der Waals surface area contributed by atoms with E-state index in [-0.39, 0.29) is 41.2 Å². The SMILES string of the molecule is NC1CN(Cc2ccc3c(c2)CN(C2CCC(=O)NC2=O)C3=O)CC12CCS(=O)(=O)CC2. The summed E-state index contributed by atoms with van der Waals surface area (Å²) in [5.41, 5.74) is 8.88. The first-order valence-electron chi connectivity index (χ1n) is 11.1. The number of likely N-dealkylation sites (tertiary alicyclic amines) is 1. The molecular weight excluding hydrogens is 432 g/mol. The average molecular weight is 461 g/mol. The minimum absolute atomic E-state index is 0.0444. The molecule has 0 bridgehead atoms. The van der Waals surface area contributed by atoms with Crippen molar-refractivity contribution in [2.45, 2.75) is 50.9 Å². The van der Waals surface area contributed by atoms with Crippen molar-refractivity contribution >= 4 is 27.6 Å². The third kappa shape index (κ3) is 3.74. The van der Waals surface area contributed by atoms with Crippen LogP contribution in [0.25, 0.3) is 0 Å². The molecule has 2 unspecified atom stereocenters. The number of nitrogens with one attached hydrogen (secondary N) is 1. The summed E-state index contributed by atoms with van der Waals surface area (Å²) in [5.74, 6) is -0.452. The van der Waals surface area contributed by atoms with Crippen molar-refractivity contribution in [3.63, 3.8) is 0 Å². The highest BCUT2D eigenvalue weighted by Gasteiger charge is 2.47. The fraction of sp³-hybridized carbons (Fsp3) is 0.591. The summed E-state index contributed by atoms with van der Waals surface area (Å²) >= 11 is 0. The van der Waals surface area contributed by atoms with Crippen molar-refractivity contribution in [1.82, 2.24) is 15.1 Å². The van der Waals surface area contributed by atoms with Gasteiger partial charge >= 0.3 is 0 Å². The van der Waals surface area contributed by atoms with E-state index >= 15 is 0 Å². The van der Waals surface area contributed by atoms with Crippen molar-refractivity contribution in [1.29, 1.82) is 0 Å². The third-order valence-electron chi connectivity index (χ3n) is 7.60. The fourth-order valence-electron chi connectivity index (χ4n) is 5.68. The Labute approximate surface area is 187 Å². The zero-order valence-electron chi connectivity index (χ0n) is 17.9. The van der Waals surface area contributed by atoms with Gasteiger partial charge < -0.3 is 10.6 Å². The second-order valence-electron chi connectivity index (χ2n) is 9.68. The Hall–Kier alpha value is -2.30. The number of piperidine rings is 1. The molecule has 10 heteroatoms. The molecule has 4 aliphatic heterocycles. The summed E-state index contributed by atoms with van der Waals surface area (Å²) in [5, 5.41) is 2.32. The number of nitrogens with zero attached hydrogens (tertiary/aromatic N) is 2. The summed E-state index contributed by atoms with van der Waals surface area (Å²) < 4.78 is 23.7. The lowest BCUT2D eigenvalue weighted by molar-refractivity contribution is -0.136. The number of hydrogen-bond acceptors (Lipinski definition) is 7. The molecule has 1 spiro atoms. The molecule has 3 N–H and O–H groups in total. The van der Waals surface area contributed by atoms with Crippen LogP contribution in [0.2, 0.25) is 0 Å². The maximum Gasteiger partial charge on any atom is 0.255 e. The highest BCUT2D eigenvalue weighted by atomic mass is 32.2. The van der Waals surface area contributed by atoms with Crippen LogP contribution in [0.15, 0.2) is 18.2 Å². The maximum atomic E-state index is 12.9. The predicted octanol–water partition coefficient (Wildman–Crippen LogP) is -0.214. The molecule has 0 aromatic heterocycles. The first-order valence-corrected chi connectivity index (χ1v) is 12.9. The van der Waals surface area contributed by atoms with Gasteiger partial charge in [-0.1, -0.05) is 12.1 Å². The fourth-order valence-corrected chi connectivity index (χ4v) is 7.32. The highest BCUT2D eigenvalue weighted by Crippen LogP contribution is 2.41. The van der Waals surface area contributed by atoms with Gasteiger partial charge in [-0.05, 0) is 36.5 Å². The number of amides is 3. The number of benzene rings is 1. The zero-order valence-corrected chi connectivity index (χ0v) is 18.7. The summed E-state index contributed by atoms with van der Waals surface area (Å²) in [6, 6.07) is 5.11. The number of rotatable bonds is 3. The van der Waals surface area contributed by atoms with Crippen LogP contribution in [-0.2, 0) is 32.5 Å². The van der Waals surface area contributed by atoms with E-state index in [1.54, 1.807) is 4.90 Å². The van der Waals surface area contributed by atoms with E-state index in [1.165, 1.54) is 0 Å². The molecule has 3 amide bonds. The first kappa shape index (κ1) is 21.5. The van der Waals surface area contributed by atoms with Crippen molar-refractivity contribution in [2.24, 2.45) is 11.1 Å². The number of carbonyl (C=O) groups is 3. The number of nitrogens with two attached hydrogens (primary N) is 1. The molecule has 9 nitrogen and oxygen atoms in total.